The van der Waals surface area contributed by atoms with E-state index in [1.54, 1.807) is 18.2 Å². The number of ketones is 1. The molecule has 1 aliphatic heterocycles. The molecule has 1 aromatic carbocycles. The van der Waals surface area contributed by atoms with Crippen LogP contribution in [0.1, 0.15) is 22.3 Å². The van der Waals surface area contributed by atoms with Crippen LogP contribution in [0.4, 0.5) is 5.69 Å². The van der Waals surface area contributed by atoms with Gasteiger partial charge in [0.2, 0.25) is 5.91 Å². The van der Waals surface area contributed by atoms with E-state index in [-0.39, 0.29) is 18.1 Å². The van der Waals surface area contributed by atoms with Gasteiger partial charge in [-0.3, -0.25) is 9.59 Å². The molecule has 1 amide bonds. The molecule has 4 heteroatoms. The van der Waals surface area contributed by atoms with Crippen LogP contribution >= 0.6 is 0 Å². The fourth-order valence-corrected chi connectivity index (χ4v) is 1.58. The number of amides is 1. The highest BCUT2D eigenvalue weighted by atomic mass is 16.1. The molecule has 15 heavy (non-hydrogen) atoms. The predicted octanol–water partition coefficient (Wildman–Crippen LogP) is 1.28. The third-order valence-electron chi connectivity index (χ3n) is 2.29. The van der Waals surface area contributed by atoms with Crippen molar-refractivity contribution in [3.63, 3.8) is 0 Å². The maximum absolute atomic E-state index is 11.4. The first-order valence-electron chi connectivity index (χ1n) is 4.53. The van der Waals surface area contributed by atoms with Gasteiger partial charge in [-0.1, -0.05) is 0 Å². The van der Waals surface area contributed by atoms with E-state index in [1.807, 2.05) is 6.07 Å². The first-order chi connectivity index (χ1) is 7.20. The molecule has 0 spiro atoms. The number of nitrogens with zero attached hydrogens (tertiary/aromatic N) is 1. The number of nitrogens with one attached hydrogen (secondary N) is 1. The minimum Gasteiger partial charge on any atom is -0.326 e. The topological polar surface area (TPSA) is 70.0 Å². The van der Waals surface area contributed by atoms with Gasteiger partial charge in [0.1, 0.15) is 0 Å². The second-order valence-corrected chi connectivity index (χ2v) is 3.35. The smallest absolute Gasteiger partial charge is 0.228 e. The molecule has 0 atom stereocenters. The van der Waals surface area contributed by atoms with Crippen LogP contribution in [0.15, 0.2) is 18.2 Å². The fraction of sp³-hybridized carbons (Fsp3) is 0.182. The third-order valence-corrected chi connectivity index (χ3v) is 2.29. The number of anilines is 1. The van der Waals surface area contributed by atoms with Gasteiger partial charge in [-0.15, -0.1) is 0 Å². The second-order valence-electron chi connectivity index (χ2n) is 3.35. The van der Waals surface area contributed by atoms with E-state index in [9.17, 15) is 9.59 Å². The first-order valence-corrected chi connectivity index (χ1v) is 4.53. The largest absolute Gasteiger partial charge is 0.326 e. The van der Waals surface area contributed by atoms with E-state index in [0.717, 1.165) is 11.3 Å². The van der Waals surface area contributed by atoms with E-state index in [2.05, 4.69) is 5.32 Å². The van der Waals surface area contributed by atoms with E-state index in [4.69, 9.17) is 5.26 Å². The summed E-state index contributed by atoms with van der Waals surface area (Å²) in [6, 6.07) is 6.81. The quantitative estimate of drug-likeness (QED) is 0.731. The zero-order valence-electron chi connectivity index (χ0n) is 7.91. The van der Waals surface area contributed by atoms with Gasteiger partial charge in [-0.2, -0.15) is 5.26 Å². The van der Waals surface area contributed by atoms with Crippen molar-refractivity contribution in [1.29, 1.82) is 5.26 Å². The molecular weight excluding hydrogens is 192 g/mol. The molecule has 1 aromatic rings. The lowest BCUT2D eigenvalue weighted by molar-refractivity contribution is -0.115. The van der Waals surface area contributed by atoms with Gasteiger partial charge in [0.05, 0.1) is 18.9 Å². The minimum atomic E-state index is -0.209. The molecule has 1 aliphatic rings. The lowest BCUT2D eigenvalue weighted by Gasteiger charge is -2.00. The van der Waals surface area contributed by atoms with Crippen LogP contribution in [0.3, 0.4) is 0 Å². The molecule has 4 nitrogen and oxygen atoms in total. The molecule has 1 heterocycles. The Labute approximate surface area is 86.5 Å². The molecule has 0 bridgehead atoms. The van der Waals surface area contributed by atoms with Crippen molar-refractivity contribution in [2.45, 2.75) is 12.8 Å². The van der Waals surface area contributed by atoms with Gasteiger partial charge < -0.3 is 5.32 Å². The van der Waals surface area contributed by atoms with Crippen molar-refractivity contribution in [3.05, 3.63) is 29.3 Å². The van der Waals surface area contributed by atoms with Crippen LogP contribution in [0.2, 0.25) is 0 Å². The average molecular weight is 200 g/mol. The molecule has 74 valence electrons. The molecule has 1 N–H and O–H groups in total. The molecule has 0 fully saturated rings. The molecule has 0 saturated heterocycles. The zero-order chi connectivity index (χ0) is 10.8. The molecule has 0 radical (unpaired) electrons. The predicted molar refractivity (Wildman–Crippen MR) is 53.3 cm³/mol. The SMILES string of the molecule is N#CCC(=O)c1ccc2c(c1)CC(=O)N2. The number of rotatable bonds is 2. The monoisotopic (exact) mass is 200 g/mol. The van der Waals surface area contributed by atoms with Crippen molar-refractivity contribution >= 4 is 17.4 Å². The first kappa shape index (κ1) is 9.41. The lowest BCUT2D eigenvalue weighted by Crippen LogP contribution is -2.03. The summed E-state index contributed by atoms with van der Waals surface area (Å²) in [5.74, 6) is -0.269. The van der Waals surface area contributed by atoms with Crippen molar-refractivity contribution in [3.8, 4) is 6.07 Å². The highest BCUT2D eigenvalue weighted by Gasteiger charge is 2.18. The number of hydrogen-bond donors (Lipinski definition) is 1. The third kappa shape index (κ3) is 1.72. The van der Waals surface area contributed by atoms with E-state index < -0.39 is 0 Å². The van der Waals surface area contributed by atoms with Gasteiger partial charge in [-0.05, 0) is 23.8 Å². The Morgan fingerprint density at radius 2 is 2.33 bits per heavy atom. The summed E-state index contributed by atoms with van der Waals surface area (Å²) in [5.41, 5.74) is 2.07. The van der Waals surface area contributed by atoms with Gasteiger partial charge in [0, 0.05) is 11.3 Å². The van der Waals surface area contributed by atoms with Crippen LogP contribution in [0, 0.1) is 11.3 Å². The molecule has 0 aliphatic carbocycles. The van der Waals surface area contributed by atoms with Crippen molar-refractivity contribution < 1.29 is 9.59 Å². The van der Waals surface area contributed by atoms with Gasteiger partial charge >= 0.3 is 0 Å². The summed E-state index contributed by atoms with van der Waals surface area (Å²) >= 11 is 0. The van der Waals surface area contributed by atoms with Crippen molar-refractivity contribution in [2.75, 3.05) is 5.32 Å². The summed E-state index contributed by atoms with van der Waals surface area (Å²) in [6.45, 7) is 0. The van der Waals surface area contributed by atoms with E-state index >= 15 is 0 Å². The van der Waals surface area contributed by atoms with Crippen molar-refractivity contribution in [1.82, 2.24) is 0 Å². The standard InChI is InChI=1S/C11H8N2O2/c12-4-3-10(14)7-1-2-9-8(5-7)6-11(15)13-9/h1-2,5H,3,6H2,(H,13,15). The van der Waals surface area contributed by atoms with Crippen LogP contribution in [0.25, 0.3) is 0 Å². The summed E-state index contributed by atoms with van der Waals surface area (Å²) in [7, 11) is 0. The van der Waals surface area contributed by atoms with Crippen molar-refractivity contribution in [2.24, 2.45) is 0 Å². The Kier molecular flexibility index (Phi) is 2.22. The molecule has 0 aromatic heterocycles. The maximum atomic E-state index is 11.4. The summed E-state index contributed by atoms with van der Waals surface area (Å²) in [4.78, 5) is 22.5. The Morgan fingerprint density at radius 1 is 1.53 bits per heavy atom. The van der Waals surface area contributed by atoms with E-state index in [1.165, 1.54) is 0 Å². The Bertz CT molecular complexity index is 486. The van der Waals surface area contributed by atoms with Crippen LogP contribution in [-0.2, 0) is 11.2 Å². The lowest BCUT2D eigenvalue weighted by atomic mass is 10.0. The number of nitriles is 1. The Balaban J connectivity index is 2.32. The second kappa shape index (κ2) is 3.54. The molecule has 2 rings (SSSR count). The number of carbonyl (C=O) groups is 2. The Morgan fingerprint density at radius 3 is 3.07 bits per heavy atom. The van der Waals surface area contributed by atoms with Gasteiger partial charge in [0.25, 0.3) is 0 Å². The fourth-order valence-electron chi connectivity index (χ4n) is 1.58. The average Bonchev–Trinajstić information content (AvgIpc) is 2.57. The van der Waals surface area contributed by atoms with Crippen LogP contribution < -0.4 is 5.32 Å². The number of fused-ring (bicyclic) bond motifs is 1. The normalized spacial score (nSPS) is 12.9. The van der Waals surface area contributed by atoms with Crippen LogP contribution in [-0.4, -0.2) is 11.7 Å². The Hall–Kier alpha value is -2.15. The molecule has 0 saturated carbocycles. The van der Waals surface area contributed by atoms with Gasteiger partial charge in [0.15, 0.2) is 5.78 Å². The minimum absolute atomic E-state index is 0.0603. The number of hydrogen-bond acceptors (Lipinski definition) is 3. The van der Waals surface area contributed by atoms with Crippen LogP contribution in [0.5, 0.6) is 0 Å². The summed E-state index contributed by atoms with van der Waals surface area (Å²) in [6.07, 6.45) is 0.184. The number of Topliss-reactive ketones (excluding diaryl/α,β-unsaturated/α-hetero) is 1. The highest BCUT2D eigenvalue weighted by Crippen LogP contribution is 2.24. The molecular formula is C11H8N2O2. The molecule has 0 unspecified atom stereocenters. The highest BCUT2D eigenvalue weighted by molar-refractivity contribution is 6.02. The number of carbonyl (C=O) groups excluding carboxylic acids is 2. The van der Waals surface area contributed by atoms with E-state index in [0.29, 0.717) is 12.0 Å². The maximum Gasteiger partial charge on any atom is 0.228 e. The number of benzene rings is 1. The summed E-state index contributed by atoms with van der Waals surface area (Å²) < 4.78 is 0. The summed E-state index contributed by atoms with van der Waals surface area (Å²) in [5, 5.41) is 11.1. The van der Waals surface area contributed by atoms with Gasteiger partial charge in [-0.25, -0.2) is 0 Å². The zero-order valence-corrected chi connectivity index (χ0v) is 7.91.